The second-order valence-electron chi connectivity index (χ2n) is 28.4. The summed E-state index contributed by atoms with van der Waals surface area (Å²) in [5, 5.41) is 63.3. The Kier molecular flexibility index (Phi) is 50.9. The summed E-state index contributed by atoms with van der Waals surface area (Å²) in [6, 6.07) is 80.5. The summed E-state index contributed by atoms with van der Waals surface area (Å²) >= 11 is 0. The maximum Gasteiger partial charge on any atom is 1.00 e. The number of aromatic nitrogens is 2. The summed E-state index contributed by atoms with van der Waals surface area (Å²) in [7, 11) is -3.01. The standard InChI is InChI=1S/C23H21NO4S.C22H23NO3S.C10H12N2O2.C9H11N3O5.C9H9NO2.C9H13NO.C8H7N3O.Al.2Li.HNO3.H2O4S.H2O.4H/c1-24-22(15-28-23(24)25)20-9-5-6-17(14-20)16-29(26,27)21-12-10-19(11-13-21)18-7-3-2-4-8-18;1-23-22(15-24)20-9-5-6-17(14-20)16-27(25,26)21-12-10-19(11-13-21)18-7-3-2-4-8-18;1-12-9(6-14-10(12)13)7-3-2-4-8(11)5-7;1-10-9(6-17-12(15)16)7-3-2-4-8(5-7)11(13)14;11-9-10-8(6-12-9)7-4-2-1-3-5-7;1-10-9(7-11)8-5-3-2-4-6-8;12-7(6-2-1-3-9-6)8-10-4-5-11-8;;;;2-1(3)4;1-5(2,3)4;;;;;/h2-14,22H,15-16H2,1H3;2-14,22-24H,15-16H2,1H3;2-5,9H,6,11H2,1H3;2-5,9-10H,6H2,1H3;1-5,8H,6H2,(H,10,11);2-6,9-11H,7H2,1H3;1,3-5H,2H2,(H,10,11);;;;(H,2,3,4);(H2,1,2,3,4);1H2;;;;/q;;;;;;;;2*+1;;;;;;;-1/p-1/t2*22-;2*9-;8-;9-;;;;;;;;;;;/m000000.........../s1. The van der Waals surface area contributed by atoms with Crippen LogP contribution in [0.3, 0.4) is 0 Å². The van der Waals surface area contributed by atoms with Gasteiger partial charge in [0.2, 0.25) is 5.78 Å². The fourth-order valence-corrected chi connectivity index (χ4v) is 15.5. The molecule has 15 rings (SSSR count). The number of hydrogen-bond donors (Lipinski definition) is 11. The van der Waals surface area contributed by atoms with E-state index in [0.717, 1.165) is 50.1 Å². The summed E-state index contributed by atoms with van der Waals surface area (Å²) in [6.07, 6.45) is 6.28. The number of aliphatic imine (C=N–C) groups is 1. The van der Waals surface area contributed by atoms with Crippen molar-refractivity contribution in [3.8, 4) is 22.3 Å². The van der Waals surface area contributed by atoms with Gasteiger partial charge < -0.3 is 83.2 Å². The minimum atomic E-state index is -4.67. The van der Waals surface area contributed by atoms with Crippen molar-refractivity contribution in [2.45, 2.75) is 64.0 Å². The van der Waals surface area contributed by atoms with E-state index in [0.29, 0.717) is 63.3 Å². The van der Waals surface area contributed by atoms with Gasteiger partial charge in [0.05, 0.1) is 81.4 Å². The zero-order valence-corrected chi connectivity index (χ0v) is 76.3. The number of anilines is 1. The number of nitro benzene ring substituents is 1. The Morgan fingerprint density at radius 1 is 0.556 bits per heavy atom. The average Bonchev–Trinajstić information content (AvgIpc) is 1.35. The number of aliphatic hydroxyl groups excluding tert-OH is 2. The van der Waals surface area contributed by atoms with Crippen LogP contribution < -0.4 is 64.7 Å². The van der Waals surface area contributed by atoms with E-state index in [1.165, 1.54) is 23.1 Å². The molecule has 5 heterocycles. The van der Waals surface area contributed by atoms with Crippen molar-refractivity contribution < 1.29 is 148 Å². The number of nitrogens with one attached hydrogen (secondary N) is 5. The minimum absolute atomic E-state index is 0. The van der Waals surface area contributed by atoms with Crippen LogP contribution in [0.15, 0.2) is 306 Å². The molecule has 0 spiro atoms. The van der Waals surface area contributed by atoms with Crippen LogP contribution in [0, 0.1) is 30.3 Å². The molecule has 3 fully saturated rings. The van der Waals surface area contributed by atoms with Gasteiger partial charge in [-0.15, -0.1) is 20.2 Å². The molecule has 4 aliphatic rings. The number of alkyl carbamates (subject to hydrolysis) is 1. The smallest absolute Gasteiger partial charge is 1.00 e. The second kappa shape index (κ2) is 59.0. The van der Waals surface area contributed by atoms with Gasteiger partial charge in [0.15, 0.2) is 42.9 Å². The maximum absolute atomic E-state index is 12.9. The van der Waals surface area contributed by atoms with Crippen LogP contribution in [-0.2, 0) is 60.6 Å². The predicted molar refractivity (Wildman–Crippen MR) is 499 cm³/mol. The van der Waals surface area contributed by atoms with Crippen molar-refractivity contribution in [1.82, 2.24) is 41.0 Å². The number of aliphatic hydroxyl groups is 2. The molecule has 4 aliphatic heterocycles. The molecule has 0 unspecified atom stereocenters. The number of hydrogen-bond acceptors (Lipinski definition) is 29. The molecule has 0 bridgehead atoms. The largest absolute Gasteiger partial charge is 1.00 e. The number of nitrogens with two attached hydrogens (primary N) is 1. The first-order valence-electron chi connectivity index (χ1n) is 39.7. The molecule has 1 aromatic heterocycles. The van der Waals surface area contributed by atoms with Gasteiger partial charge in [-0.25, -0.2) is 36.2 Å². The Balaban J connectivity index is 0.000000540. The SMILES string of the molecule is CN1C(=O)OC[C@H]1c1cccc(CS(=O)(=O)c2ccc(-c3ccccc3)cc2)c1.CN1C(=O)OC[C@H]1c1cccc(N)c1.CN[C@@H](CO)c1cccc(CS(=O)(=O)c2ccc(-c3ccccc3)cc2)c1.CN[C@@H](CO)c1ccccc1.CN[C@@H](CO[N+](=O)[O-])c1cccc([N+](=O)[O-])c1.O=C(C1=NC=CC1)c1ncc[nH]1.O=C1N[C@H](c2ccccc2)CO1.O=S(=O)(O)O.O=[N+]([O-])O.[AlH3].[H-].[Li+].[Li+].[OH-]. The van der Waals surface area contributed by atoms with Gasteiger partial charge in [-0.1, -0.05) is 224 Å². The van der Waals surface area contributed by atoms with E-state index < -0.39 is 51.2 Å². The van der Waals surface area contributed by atoms with Gasteiger partial charge in [-0.3, -0.25) is 29.0 Å². The van der Waals surface area contributed by atoms with Gasteiger partial charge in [0.1, 0.15) is 26.4 Å². The van der Waals surface area contributed by atoms with E-state index in [2.05, 4.69) is 41.1 Å². The molecule has 45 heteroatoms. The summed E-state index contributed by atoms with van der Waals surface area (Å²) < 4.78 is 97.8. The fraction of sp³-hybridized carbons (Fsp3) is 0.222. The number of nitro groups is 1. The number of likely N-dealkylation sites (N-methyl/N-ethyl adjacent to an activating group) is 5. The number of H-pyrrole nitrogens is 1. The van der Waals surface area contributed by atoms with Crippen molar-refractivity contribution in [2.75, 3.05) is 80.6 Å². The molecule has 3 saturated heterocycles. The quantitative estimate of drug-likeness (QED) is 0.00630. The number of nitrogen functional groups attached to an aromatic ring is 1. The molecule has 0 aliphatic carbocycles. The van der Waals surface area contributed by atoms with Crippen LogP contribution in [0.4, 0.5) is 25.8 Å². The zero-order chi connectivity index (χ0) is 95.6. The number of aromatic amines is 1. The molecule has 11 aromatic rings. The maximum atomic E-state index is 12.9. The monoisotopic (exact) mass is 1920 g/mol. The topological polar surface area (TPSA) is 590 Å². The third-order valence-electron chi connectivity index (χ3n) is 19.5. The third-order valence-corrected chi connectivity index (χ3v) is 22.9. The van der Waals surface area contributed by atoms with Gasteiger partial charge in [-0.05, 0) is 124 Å². The zero-order valence-electron chi connectivity index (χ0n) is 74.8. The number of ketones is 1. The number of sulfone groups is 2. The number of cyclic esters (lactones) is 3. The van der Waals surface area contributed by atoms with Gasteiger partial charge in [-0.2, -0.15) is 8.42 Å². The predicted octanol–water partition coefficient (Wildman–Crippen LogP) is 5.60. The number of ether oxygens (including phenoxy) is 3. The van der Waals surface area contributed by atoms with Crippen molar-refractivity contribution in [2.24, 2.45) is 4.99 Å². The first-order valence-corrected chi connectivity index (χ1v) is 44.4. The molecule has 135 heavy (non-hydrogen) atoms. The van der Waals surface area contributed by atoms with Crippen LogP contribution in [0.2, 0.25) is 0 Å². The molecule has 0 saturated carbocycles. The molecule has 6 atom stereocenters. The summed E-state index contributed by atoms with van der Waals surface area (Å²) in [4.78, 5) is 91.8. The van der Waals surface area contributed by atoms with Crippen LogP contribution >= 0.6 is 0 Å². The number of benzene rings is 10. The number of allylic oxidation sites excluding steroid dienone is 1. The summed E-state index contributed by atoms with van der Waals surface area (Å²) in [5.41, 5.74) is 17.8. The number of imidazole rings is 1. The van der Waals surface area contributed by atoms with E-state index in [1.807, 2.05) is 219 Å². The van der Waals surface area contributed by atoms with Crippen molar-refractivity contribution >= 4 is 88.6 Å². The molecule has 13 N–H and O–H groups in total. The second-order valence-corrected chi connectivity index (χ2v) is 33.2. The van der Waals surface area contributed by atoms with E-state index in [-0.39, 0.29) is 160 Å². The van der Waals surface area contributed by atoms with E-state index >= 15 is 0 Å². The third kappa shape index (κ3) is 39.3. The van der Waals surface area contributed by atoms with E-state index in [1.54, 1.807) is 94.1 Å². The molecular weight excluding hydrogens is 1820 g/mol. The fourth-order valence-electron chi connectivity index (χ4n) is 12.8. The normalized spacial score (nSPS) is 14.7. The Labute approximate surface area is 815 Å². The Hall–Kier alpha value is -12.8. The van der Waals surface area contributed by atoms with Crippen molar-refractivity contribution in [3.63, 3.8) is 0 Å². The van der Waals surface area contributed by atoms with E-state index in [4.69, 9.17) is 57.9 Å². The van der Waals surface area contributed by atoms with Gasteiger partial charge in [0, 0.05) is 56.9 Å². The number of amides is 3. The van der Waals surface area contributed by atoms with Gasteiger partial charge in [0.25, 0.3) is 15.9 Å². The molecule has 0 radical (unpaired) electrons. The number of non-ortho nitro benzene ring substituents is 1. The van der Waals surface area contributed by atoms with Crippen molar-refractivity contribution in [1.29, 1.82) is 0 Å². The number of nitrogens with zero attached hydrogens (tertiary/aromatic N) is 7. The Bertz CT molecular complexity index is 5960. The first kappa shape index (κ1) is 116. The molecule has 708 valence electrons. The first-order chi connectivity index (χ1) is 62.5. The van der Waals surface area contributed by atoms with Crippen LogP contribution in [0.5, 0.6) is 0 Å². The minimum Gasteiger partial charge on any atom is -1.00 e. The van der Waals surface area contributed by atoms with Crippen molar-refractivity contribution in [3.05, 3.63) is 372 Å². The molecule has 3 amide bonds. The number of carbonyl (C=O) groups excluding carboxylic acids is 4. The molecule has 10 aromatic carbocycles. The van der Waals surface area contributed by atoms with Crippen LogP contribution in [0.1, 0.15) is 99.2 Å². The Morgan fingerprint density at radius 2 is 0.963 bits per heavy atom. The number of Topliss-reactive ketones (excluding diaryl/α,β-unsaturated/α-hetero) is 1. The summed E-state index contributed by atoms with van der Waals surface area (Å²) in [6.45, 7) is 0.993. The summed E-state index contributed by atoms with van der Waals surface area (Å²) in [5.74, 6) is 0.0619. The van der Waals surface area contributed by atoms with Crippen LogP contribution in [0.25, 0.3) is 22.3 Å². The Morgan fingerprint density at radius 3 is 1.36 bits per heavy atom. The van der Waals surface area contributed by atoms with Gasteiger partial charge >= 0.3 is 66.4 Å². The number of carbonyl (C=O) groups is 4. The average molecular weight is 1920 g/mol. The molecule has 39 nitrogen and oxygen atoms in total. The molecular formula is C90H104AlLi2N13O26S3. The number of rotatable bonds is 25. The van der Waals surface area contributed by atoms with E-state index in [9.17, 15) is 61.3 Å². The van der Waals surface area contributed by atoms with Crippen LogP contribution in [-0.4, -0.2) is 212 Å².